The Morgan fingerprint density at radius 2 is 1.74 bits per heavy atom. The van der Waals surface area contributed by atoms with Crippen molar-refractivity contribution in [3.63, 3.8) is 0 Å². The fourth-order valence-corrected chi connectivity index (χ4v) is 3.31. The van der Waals surface area contributed by atoms with Gasteiger partial charge in [0.2, 0.25) is 5.91 Å². The molecule has 150 valence electrons. The lowest BCUT2D eigenvalue weighted by molar-refractivity contribution is -0.114. The van der Waals surface area contributed by atoms with Gasteiger partial charge in [-0.2, -0.15) is 0 Å². The fourth-order valence-electron chi connectivity index (χ4n) is 3.31. The standard InChI is InChI=1S/C21H34N4O2/c1-17(26)25-19-11-9-18(10-12-19)13-14-23-21(22-2)24-15-16-27-20-7-5-3-4-6-8-20/h9-12,20H,3-8,13-16H2,1-2H3,(H,25,26)(H2,22,23,24). The number of rotatable bonds is 8. The summed E-state index contributed by atoms with van der Waals surface area (Å²) in [5, 5.41) is 9.41. The van der Waals surface area contributed by atoms with E-state index < -0.39 is 0 Å². The molecule has 1 aromatic carbocycles. The maximum Gasteiger partial charge on any atom is 0.221 e. The Balaban J connectivity index is 1.60. The van der Waals surface area contributed by atoms with Gasteiger partial charge in [0.05, 0.1) is 12.7 Å². The van der Waals surface area contributed by atoms with Gasteiger partial charge in [-0.15, -0.1) is 0 Å². The molecule has 1 saturated carbocycles. The molecule has 6 heteroatoms. The van der Waals surface area contributed by atoms with Crippen molar-refractivity contribution in [2.24, 2.45) is 4.99 Å². The Kier molecular flexibility index (Phi) is 9.69. The van der Waals surface area contributed by atoms with Crippen LogP contribution in [-0.4, -0.2) is 44.7 Å². The molecular weight excluding hydrogens is 340 g/mol. The van der Waals surface area contributed by atoms with Crippen molar-refractivity contribution in [2.75, 3.05) is 32.1 Å². The molecule has 1 aliphatic rings. The van der Waals surface area contributed by atoms with E-state index in [1.54, 1.807) is 7.05 Å². The van der Waals surface area contributed by atoms with E-state index in [2.05, 4.69) is 20.9 Å². The number of benzene rings is 1. The van der Waals surface area contributed by atoms with Gasteiger partial charge in [0.25, 0.3) is 0 Å². The molecule has 0 unspecified atom stereocenters. The second kappa shape index (κ2) is 12.3. The van der Waals surface area contributed by atoms with E-state index in [9.17, 15) is 4.79 Å². The number of ether oxygens (including phenoxy) is 1. The third-order valence-corrected chi connectivity index (χ3v) is 4.75. The highest BCUT2D eigenvalue weighted by molar-refractivity contribution is 5.88. The van der Waals surface area contributed by atoms with Crippen LogP contribution < -0.4 is 16.0 Å². The van der Waals surface area contributed by atoms with Crippen LogP contribution in [0.4, 0.5) is 5.69 Å². The number of carbonyl (C=O) groups is 1. The molecule has 0 atom stereocenters. The molecule has 27 heavy (non-hydrogen) atoms. The first-order chi connectivity index (χ1) is 13.2. The Bertz CT molecular complexity index is 578. The highest BCUT2D eigenvalue weighted by Crippen LogP contribution is 2.19. The maximum atomic E-state index is 11.0. The molecular formula is C21H34N4O2. The molecule has 6 nitrogen and oxygen atoms in total. The first-order valence-corrected chi connectivity index (χ1v) is 10.1. The average Bonchev–Trinajstić information content (AvgIpc) is 2.93. The molecule has 0 saturated heterocycles. The normalized spacial score (nSPS) is 15.9. The van der Waals surface area contributed by atoms with E-state index in [-0.39, 0.29) is 5.91 Å². The van der Waals surface area contributed by atoms with E-state index in [0.717, 1.165) is 37.8 Å². The van der Waals surface area contributed by atoms with Gasteiger partial charge in [-0.05, 0) is 37.0 Å². The zero-order valence-electron chi connectivity index (χ0n) is 16.7. The number of nitrogens with one attached hydrogen (secondary N) is 3. The van der Waals surface area contributed by atoms with Crippen LogP contribution in [0, 0.1) is 0 Å². The van der Waals surface area contributed by atoms with Crippen molar-refractivity contribution in [3.8, 4) is 0 Å². The molecule has 3 N–H and O–H groups in total. The third kappa shape index (κ3) is 8.91. The molecule has 1 aromatic rings. The summed E-state index contributed by atoms with van der Waals surface area (Å²) in [7, 11) is 1.78. The van der Waals surface area contributed by atoms with Gasteiger partial charge in [0, 0.05) is 32.7 Å². The second-order valence-corrected chi connectivity index (χ2v) is 7.04. The highest BCUT2D eigenvalue weighted by Gasteiger charge is 2.12. The number of hydrogen-bond donors (Lipinski definition) is 3. The number of amides is 1. The minimum absolute atomic E-state index is 0.0534. The molecule has 1 aliphatic carbocycles. The number of hydrogen-bond acceptors (Lipinski definition) is 3. The largest absolute Gasteiger partial charge is 0.376 e. The van der Waals surface area contributed by atoms with E-state index in [4.69, 9.17) is 4.74 Å². The van der Waals surface area contributed by atoms with E-state index in [0.29, 0.717) is 6.10 Å². The van der Waals surface area contributed by atoms with Crippen LogP contribution in [0.15, 0.2) is 29.3 Å². The minimum atomic E-state index is -0.0534. The zero-order valence-corrected chi connectivity index (χ0v) is 16.7. The van der Waals surface area contributed by atoms with Gasteiger partial charge in [-0.1, -0.05) is 37.8 Å². The molecule has 0 radical (unpaired) electrons. The van der Waals surface area contributed by atoms with Gasteiger partial charge in [-0.25, -0.2) is 0 Å². The van der Waals surface area contributed by atoms with Gasteiger partial charge in [-0.3, -0.25) is 9.79 Å². The fraction of sp³-hybridized carbons (Fsp3) is 0.619. The lowest BCUT2D eigenvalue weighted by Crippen LogP contribution is -2.40. The summed E-state index contributed by atoms with van der Waals surface area (Å²) in [6, 6.07) is 7.91. The van der Waals surface area contributed by atoms with Crippen LogP contribution in [-0.2, 0) is 16.0 Å². The SMILES string of the molecule is CN=C(NCCOC1CCCCCC1)NCCc1ccc(NC(C)=O)cc1. The summed E-state index contributed by atoms with van der Waals surface area (Å²) >= 11 is 0. The Morgan fingerprint density at radius 1 is 1.07 bits per heavy atom. The summed E-state index contributed by atoms with van der Waals surface area (Å²) in [5.41, 5.74) is 2.04. The minimum Gasteiger partial charge on any atom is -0.376 e. The van der Waals surface area contributed by atoms with Crippen LogP contribution in [0.1, 0.15) is 51.0 Å². The topological polar surface area (TPSA) is 74.8 Å². The molecule has 0 bridgehead atoms. The van der Waals surface area contributed by atoms with E-state index in [1.165, 1.54) is 51.0 Å². The van der Waals surface area contributed by atoms with Crippen LogP contribution in [0.2, 0.25) is 0 Å². The second-order valence-electron chi connectivity index (χ2n) is 7.04. The Morgan fingerprint density at radius 3 is 2.37 bits per heavy atom. The zero-order chi connectivity index (χ0) is 19.3. The molecule has 2 rings (SSSR count). The smallest absolute Gasteiger partial charge is 0.221 e. The number of aliphatic imine (C=N–C) groups is 1. The highest BCUT2D eigenvalue weighted by atomic mass is 16.5. The number of nitrogens with zero attached hydrogens (tertiary/aromatic N) is 1. The molecule has 0 aliphatic heterocycles. The van der Waals surface area contributed by atoms with Gasteiger partial charge in [0.1, 0.15) is 0 Å². The van der Waals surface area contributed by atoms with Crippen LogP contribution in [0.5, 0.6) is 0 Å². The van der Waals surface area contributed by atoms with Crippen molar-refractivity contribution in [3.05, 3.63) is 29.8 Å². The molecule has 0 heterocycles. The summed E-state index contributed by atoms with van der Waals surface area (Å²) in [5.74, 6) is 0.747. The van der Waals surface area contributed by atoms with Gasteiger partial charge < -0.3 is 20.7 Å². The summed E-state index contributed by atoms with van der Waals surface area (Å²) in [6.45, 7) is 3.79. The van der Waals surface area contributed by atoms with Crippen molar-refractivity contribution >= 4 is 17.6 Å². The van der Waals surface area contributed by atoms with Crippen molar-refractivity contribution in [1.82, 2.24) is 10.6 Å². The quantitative estimate of drug-likeness (QED) is 0.283. The summed E-state index contributed by atoms with van der Waals surface area (Å²) in [6.07, 6.45) is 9.03. The molecule has 1 amide bonds. The number of carbonyl (C=O) groups excluding carboxylic acids is 1. The first-order valence-electron chi connectivity index (χ1n) is 10.1. The van der Waals surface area contributed by atoms with Crippen LogP contribution >= 0.6 is 0 Å². The lowest BCUT2D eigenvalue weighted by atomic mass is 10.1. The summed E-state index contributed by atoms with van der Waals surface area (Å²) < 4.78 is 6.00. The average molecular weight is 375 g/mol. The van der Waals surface area contributed by atoms with E-state index in [1.807, 2.05) is 24.3 Å². The van der Waals surface area contributed by atoms with Crippen molar-refractivity contribution in [2.45, 2.75) is 58.0 Å². The van der Waals surface area contributed by atoms with Gasteiger partial charge >= 0.3 is 0 Å². The van der Waals surface area contributed by atoms with Gasteiger partial charge in [0.15, 0.2) is 5.96 Å². The molecule has 0 aromatic heterocycles. The number of anilines is 1. The molecule has 0 spiro atoms. The Labute approximate surface area is 163 Å². The monoisotopic (exact) mass is 374 g/mol. The Hall–Kier alpha value is -2.08. The predicted molar refractivity (Wildman–Crippen MR) is 111 cm³/mol. The molecule has 1 fully saturated rings. The van der Waals surface area contributed by atoms with Crippen molar-refractivity contribution < 1.29 is 9.53 Å². The van der Waals surface area contributed by atoms with Crippen LogP contribution in [0.3, 0.4) is 0 Å². The van der Waals surface area contributed by atoms with Crippen molar-refractivity contribution in [1.29, 1.82) is 0 Å². The maximum absolute atomic E-state index is 11.0. The lowest BCUT2D eigenvalue weighted by Gasteiger charge is -2.17. The first kappa shape index (κ1) is 21.2. The number of guanidine groups is 1. The predicted octanol–water partition coefficient (Wildman–Crippen LogP) is 3.09. The van der Waals surface area contributed by atoms with E-state index >= 15 is 0 Å². The third-order valence-electron chi connectivity index (χ3n) is 4.75. The summed E-state index contributed by atoms with van der Waals surface area (Å²) in [4.78, 5) is 15.3. The van der Waals surface area contributed by atoms with Crippen LogP contribution in [0.25, 0.3) is 0 Å².